The molecule has 0 saturated carbocycles. The van der Waals surface area contributed by atoms with E-state index in [0.29, 0.717) is 12.1 Å². The number of imidazole rings is 1. The Kier molecular flexibility index (Phi) is 4.59. The van der Waals surface area contributed by atoms with E-state index in [4.69, 9.17) is 0 Å². The Morgan fingerprint density at radius 3 is 2.55 bits per heavy atom. The van der Waals surface area contributed by atoms with Crippen LogP contribution >= 0.6 is 0 Å². The van der Waals surface area contributed by atoms with Crippen LogP contribution in [0.4, 0.5) is 4.39 Å². The van der Waals surface area contributed by atoms with E-state index in [0.717, 1.165) is 17.9 Å². The minimum absolute atomic E-state index is 0.0891. The van der Waals surface area contributed by atoms with Crippen LogP contribution < -0.4 is 5.32 Å². The molecule has 0 saturated heterocycles. The van der Waals surface area contributed by atoms with E-state index in [-0.39, 0.29) is 23.4 Å². The van der Waals surface area contributed by atoms with Crippen molar-refractivity contribution in [2.24, 2.45) is 5.41 Å². The number of hydrogen-bond donors (Lipinski definition) is 2. The predicted octanol–water partition coefficient (Wildman–Crippen LogP) is 3.08. The van der Waals surface area contributed by atoms with Crippen molar-refractivity contribution in [2.45, 2.75) is 53.2 Å². The van der Waals surface area contributed by atoms with E-state index in [1.165, 1.54) is 6.07 Å². The van der Waals surface area contributed by atoms with Crippen molar-refractivity contribution < 1.29 is 9.50 Å². The molecule has 2 aromatic rings. The molecule has 0 atom stereocenters. The zero-order valence-electron chi connectivity index (χ0n) is 14.1. The summed E-state index contributed by atoms with van der Waals surface area (Å²) in [5.41, 5.74) is 0.678. The molecule has 0 aliphatic heterocycles. The maximum Gasteiger partial charge on any atom is 0.151 e. The fraction of sp³-hybridized carbons (Fsp3) is 0.588. The van der Waals surface area contributed by atoms with Crippen LogP contribution in [0, 0.1) is 11.2 Å². The highest BCUT2D eigenvalue weighted by molar-refractivity contribution is 5.76. The van der Waals surface area contributed by atoms with E-state index in [1.807, 2.05) is 31.4 Å². The van der Waals surface area contributed by atoms with Crippen molar-refractivity contribution in [3.05, 3.63) is 29.8 Å². The second-order valence-corrected chi connectivity index (χ2v) is 6.90. The third-order valence-electron chi connectivity index (χ3n) is 4.90. The van der Waals surface area contributed by atoms with Gasteiger partial charge in [0.05, 0.1) is 12.1 Å². The Hall–Kier alpha value is -1.46. The molecule has 0 bridgehead atoms. The van der Waals surface area contributed by atoms with Gasteiger partial charge >= 0.3 is 0 Å². The quantitative estimate of drug-likeness (QED) is 0.862. The highest BCUT2D eigenvalue weighted by atomic mass is 19.1. The van der Waals surface area contributed by atoms with E-state index in [1.54, 1.807) is 6.07 Å². The molecular formula is C17H26FN3O. The molecule has 5 heteroatoms. The average molecular weight is 307 g/mol. The molecule has 0 fully saturated rings. The summed E-state index contributed by atoms with van der Waals surface area (Å²) in [5.74, 6) is 0.519. The molecule has 22 heavy (non-hydrogen) atoms. The number of aliphatic hydroxyl groups excluding tert-OH is 1. The number of para-hydroxylation sites is 1. The van der Waals surface area contributed by atoms with Crippen LogP contribution in [0.15, 0.2) is 18.2 Å². The molecule has 0 spiro atoms. The van der Waals surface area contributed by atoms with Crippen molar-refractivity contribution in [1.29, 1.82) is 0 Å². The third-order valence-corrected chi connectivity index (χ3v) is 4.90. The number of hydrogen-bond acceptors (Lipinski definition) is 3. The second kappa shape index (κ2) is 5.97. The first-order valence-corrected chi connectivity index (χ1v) is 7.73. The molecule has 1 heterocycles. The number of benzene rings is 1. The molecule has 0 aliphatic carbocycles. The van der Waals surface area contributed by atoms with Crippen LogP contribution in [-0.4, -0.2) is 26.8 Å². The molecule has 1 aromatic carbocycles. The number of nitrogens with one attached hydrogen (secondary N) is 1. The molecule has 0 radical (unpaired) electrons. The molecule has 122 valence electrons. The van der Waals surface area contributed by atoms with Crippen LogP contribution in [0.25, 0.3) is 11.0 Å². The van der Waals surface area contributed by atoms with Gasteiger partial charge in [0, 0.05) is 24.1 Å². The van der Waals surface area contributed by atoms with Crippen LogP contribution in [-0.2, 0) is 13.1 Å². The summed E-state index contributed by atoms with van der Waals surface area (Å²) in [6, 6.07) is 5.04. The number of aliphatic hydroxyl groups is 1. The lowest BCUT2D eigenvalue weighted by Gasteiger charge is -2.41. The highest BCUT2D eigenvalue weighted by Gasteiger charge is 2.36. The summed E-state index contributed by atoms with van der Waals surface area (Å²) in [6.07, 6.45) is 0. The first kappa shape index (κ1) is 16.9. The van der Waals surface area contributed by atoms with Gasteiger partial charge in [0.15, 0.2) is 5.82 Å². The van der Waals surface area contributed by atoms with Gasteiger partial charge in [-0.2, -0.15) is 0 Å². The number of aromatic nitrogens is 2. The number of aryl methyl sites for hydroxylation is 1. The van der Waals surface area contributed by atoms with Crippen molar-refractivity contribution in [3.63, 3.8) is 0 Å². The van der Waals surface area contributed by atoms with E-state index in [9.17, 15) is 9.50 Å². The fourth-order valence-electron chi connectivity index (χ4n) is 2.39. The zero-order valence-corrected chi connectivity index (χ0v) is 14.1. The smallest absolute Gasteiger partial charge is 0.151 e. The third kappa shape index (κ3) is 2.88. The number of rotatable bonds is 6. The lowest BCUT2D eigenvalue weighted by Crippen LogP contribution is -2.52. The molecule has 2 N–H and O–H groups in total. The predicted molar refractivity (Wildman–Crippen MR) is 87.2 cm³/mol. The monoisotopic (exact) mass is 307 g/mol. The molecule has 2 rings (SSSR count). The van der Waals surface area contributed by atoms with Gasteiger partial charge in [-0.15, -0.1) is 0 Å². The maximum absolute atomic E-state index is 13.9. The van der Waals surface area contributed by atoms with Gasteiger partial charge in [0.25, 0.3) is 0 Å². The minimum atomic E-state index is -0.291. The van der Waals surface area contributed by atoms with Crippen molar-refractivity contribution in [1.82, 2.24) is 14.9 Å². The van der Waals surface area contributed by atoms with Gasteiger partial charge < -0.3 is 15.0 Å². The molecular weight excluding hydrogens is 281 g/mol. The zero-order chi connectivity index (χ0) is 16.5. The molecule has 0 unspecified atom stereocenters. The standard InChI is InChI=1S/C17H26FN3O/c1-6-21-13-9-7-8-12(18)15(13)20-14(21)10-19-17(4,5)16(2,3)11-22/h7-9,19,22H,6,10-11H2,1-5H3. The molecule has 1 aromatic heterocycles. The number of fused-ring (bicyclic) bond motifs is 1. The minimum Gasteiger partial charge on any atom is -0.396 e. The Balaban J connectivity index is 2.31. The Labute approximate surface area is 131 Å². The molecule has 4 nitrogen and oxygen atoms in total. The van der Waals surface area contributed by atoms with Crippen LogP contribution in [0.3, 0.4) is 0 Å². The van der Waals surface area contributed by atoms with E-state index >= 15 is 0 Å². The van der Waals surface area contributed by atoms with Crippen molar-refractivity contribution in [3.8, 4) is 0 Å². The second-order valence-electron chi connectivity index (χ2n) is 6.90. The summed E-state index contributed by atoms with van der Waals surface area (Å²) in [5, 5.41) is 13.0. The van der Waals surface area contributed by atoms with E-state index in [2.05, 4.69) is 24.1 Å². The molecule has 0 amide bonds. The first-order chi connectivity index (χ1) is 10.2. The Morgan fingerprint density at radius 1 is 1.27 bits per heavy atom. The normalized spacial score (nSPS) is 13.0. The SMILES string of the molecule is CCn1c(CNC(C)(C)C(C)(C)CO)nc2c(F)cccc21. The van der Waals surface area contributed by atoms with Crippen molar-refractivity contribution >= 4 is 11.0 Å². The van der Waals surface area contributed by atoms with Crippen molar-refractivity contribution in [2.75, 3.05) is 6.61 Å². The summed E-state index contributed by atoms with van der Waals surface area (Å²) >= 11 is 0. The summed E-state index contributed by atoms with van der Waals surface area (Å²) in [7, 11) is 0. The lowest BCUT2D eigenvalue weighted by atomic mass is 9.75. The number of halogens is 1. The average Bonchev–Trinajstić information content (AvgIpc) is 2.84. The van der Waals surface area contributed by atoms with Gasteiger partial charge in [0.1, 0.15) is 11.3 Å². The van der Waals surface area contributed by atoms with Gasteiger partial charge in [-0.1, -0.05) is 19.9 Å². The first-order valence-electron chi connectivity index (χ1n) is 7.73. The maximum atomic E-state index is 13.9. The van der Waals surface area contributed by atoms with Gasteiger partial charge in [-0.3, -0.25) is 0 Å². The van der Waals surface area contributed by atoms with Crippen LogP contribution in [0.5, 0.6) is 0 Å². The summed E-state index contributed by atoms with van der Waals surface area (Å²) in [4.78, 5) is 4.46. The lowest BCUT2D eigenvalue weighted by molar-refractivity contribution is 0.0671. The van der Waals surface area contributed by atoms with E-state index < -0.39 is 0 Å². The Bertz CT molecular complexity index is 661. The number of nitrogens with zero attached hydrogens (tertiary/aromatic N) is 2. The molecule has 0 aliphatic rings. The van der Waals surface area contributed by atoms with Crippen LogP contribution in [0.2, 0.25) is 0 Å². The van der Waals surface area contributed by atoms with Gasteiger partial charge in [0.2, 0.25) is 0 Å². The van der Waals surface area contributed by atoms with Crippen LogP contribution in [0.1, 0.15) is 40.4 Å². The fourth-order valence-corrected chi connectivity index (χ4v) is 2.39. The van der Waals surface area contributed by atoms with Gasteiger partial charge in [-0.05, 0) is 32.9 Å². The topological polar surface area (TPSA) is 50.1 Å². The summed E-state index contributed by atoms with van der Waals surface area (Å²) < 4.78 is 15.9. The van der Waals surface area contributed by atoms with Gasteiger partial charge in [-0.25, -0.2) is 9.37 Å². The Morgan fingerprint density at radius 2 is 1.95 bits per heavy atom. The summed E-state index contributed by atoms with van der Waals surface area (Å²) in [6.45, 7) is 11.5. The largest absolute Gasteiger partial charge is 0.396 e. The highest BCUT2D eigenvalue weighted by Crippen LogP contribution is 2.30.